The van der Waals surface area contributed by atoms with Gasteiger partial charge in [-0.05, 0) is 60.3 Å². The monoisotopic (exact) mass is 438 g/mol. The molecule has 7 heteroatoms. The highest BCUT2D eigenvalue weighted by molar-refractivity contribution is 7.11. The molecule has 0 fully saturated rings. The summed E-state index contributed by atoms with van der Waals surface area (Å²) in [4.78, 5) is 28.4. The molecule has 2 amide bonds. The van der Waals surface area contributed by atoms with Gasteiger partial charge in [0.05, 0.1) is 18.7 Å². The molecule has 1 aromatic heterocycles. The van der Waals surface area contributed by atoms with Gasteiger partial charge in [0.25, 0.3) is 11.8 Å². The van der Waals surface area contributed by atoms with Crippen LogP contribution in [0.3, 0.4) is 0 Å². The van der Waals surface area contributed by atoms with Gasteiger partial charge in [-0.1, -0.05) is 29.8 Å². The maximum atomic E-state index is 13.2. The number of benzene rings is 2. The minimum Gasteiger partial charge on any atom is -0.494 e. The number of anilines is 1. The first-order chi connectivity index (χ1) is 14.6. The number of carbonyl (C=O) groups excluding carboxylic acids is 2. The van der Waals surface area contributed by atoms with Crippen LogP contribution in [0.15, 0.2) is 71.7 Å². The second kappa shape index (κ2) is 8.73. The summed E-state index contributed by atoms with van der Waals surface area (Å²) in [6.45, 7) is 2.67. The lowest BCUT2D eigenvalue weighted by Crippen LogP contribution is -2.31. The van der Waals surface area contributed by atoms with Crippen molar-refractivity contribution in [3.05, 3.63) is 87.2 Å². The molecular formula is C23H19ClN2O3S. The normalized spacial score (nSPS) is 13.9. The lowest BCUT2D eigenvalue weighted by Gasteiger charge is -2.15. The summed E-state index contributed by atoms with van der Waals surface area (Å²) in [6, 6.07) is 18.1. The van der Waals surface area contributed by atoms with E-state index in [1.807, 2.05) is 60.8 Å². The third kappa shape index (κ3) is 4.10. The number of halogens is 1. The van der Waals surface area contributed by atoms with Crippen molar-refractivity contribution in [1.82, 2.24) is 4.90 Å². The van der Waals surface area contributed by atoms with Crippen LogP contribution in [-0.4, -0.2) is 23.3 Å². The zero-order valence-electron chi connectivity index (χ0n) is 16.2. The van der Waals surface area contributed by atoms with E-state index in [9.17, 15) is 9.59 Å². The molecule has 1 aliphatic heterocycles. The zero-order chi connectivity index (χ0) is 21.1. The SMILES string of the molecule is CCOc1ccc(NC2=C(c3cccs3)C(=O)N(Cc3ccc(Cl)cc3)C2=O)cc1. The fourth-order valence-electron chi connectivity index (χ4n) is 3.20. The molecule has 0 saturated heterocycles. The molecule has 0 bridgehead atoms. The molecule has 30 heavy (non-hydrogen) atoms. The Hall–Kier alpha value is -3.09. The van der Waals surface area contributed by atoms with Crippen molar-refractivity contribution in [3.8, 4) is 5.75 Å². The Balaban J connectivity index is 1.64. The molecular weight excluding hydrogens is 420 g/mol. The highest BCUT2D eigenvalue weighted by atomic mass is 35.5. The maximum absolute atomic E-state index is 13.2. The number of imide groups is 1. The first kappa shape index (κ1) is 20.2. The van der Waals surface area contributed by atoms with Crippen molar-refractivity contribution in [2.24, 2.45) is 0 Å². The molecule has 0 saturated carbocycles. The second-order valence-electron chi connectivity index (χ2n) is 6.63. The number of carbonyl (C=O) groups is 2. The van der Waals surface area contributed by atoms with Crippen molar-refractivity contribution in [2.45, 2.75) is 13.5 Å². The predicted molar refractivity (Wildman–Crippen MR) is 119 cm³/mol. The van der Waals surface area contributed by atoms with E-state index in [0.29, 0.717) is 22.9 Å². The average molecular weight is 439 g/mol. The predicted octanol–water partition coefficient (Wildman–Crippen LogP) is 5.19. The number of amides is 2. The topological polar surface area (TPSA) is 58.6 Å². The van der Waals surface area contributed by atoms with Crippen molar-refractivity contribution >= 4 is 46.0 Å². The van der Waals surface area contributed by atoms with E-state index >= 15 is 0 Å². The van der Waals surface area contributed by atoms with Gasteiger partial charge in [-0.25, -0.2) is 0 Å². The van der Waals surface area contributed by atoms with E-state index in [1.165, 1.54) is 16.2 Å². The maximum Gasteiger partial charge on any atom is 0.278 e. The van der Waals surface area contributed by atoms with Gasteiger partial charge in [0, 0.05) is 15.6 Å². The molecule has 0 unspecified atom stereocenters. The number of ether oxygens (including phenoxy) is 1. The van der Waals surface area contributed by atoms with E-state index in [1.54, 1.807) is 12.1 Å². The van der Waals surface area contributed by atoms with E-state index in [4.69, 9.17) is 16.3 Å². The van der Waals surface area contributed by atoms with Crippen LogP contribution in [0.25, 0.3) is 5.57 Å². The van der Waals surface area contributed by atoms with Crippen LogP contribution in [0, 0.1) is 0 Å². The van der Waals surface area contributed by atoms with Crippen molar-refractivity contribution in [2.75, 3.05) is 11.9 Å². The van der Waals surface area contributed by atoms with Crippen molar-refractivity contribution in [3.63, 3.8) is 0 Å². The lowest BCUT2D eigenvalue weighted by molar-refractivity contribution is -0.137. The van der Waals surface area contributed by atoms with Crippen molar-refractivity contribution < 1.29 is 14.3 Å². The molecule has 1 aliphatic rings. The molecule has 0 radical (unpaired) electrons. The molecule has 2 aromatic carbocycles. The van der Waals surface area contributed by atoms with E-state index in [-0.39, 0.29) is 24.1 Å². The van der Waals surface area contributed by atoms with E-state index < -0.39 is 0 Å². The third-order valence-corrected chi connectivity index (χ3v) is 5.76. The number of rotatable bonds is 7. The quantitative estimate of drug-likeness (QED) is 0.515. The second-order valence-corrected chi connectivity index (χ2v) is 8.02. The summed E-state index contributed by atoms with van der Waals surface area (Å²) in [6.07, 6.45) is 0. The highest BCUT2D eigenvalue weighted by Crippen LogP contribution is 2.34. The Bertz CT molecular complexity index is 1090. The number of nitrogens with one attached hydrogen (secondary N) is 1. The van der Waals surface area contributed by atoms with Crippen LogP contribution >= 0.6 is 22.9 Å². The Labute approximate surface area is 183 Å². The molecule has 2 heterocycles. The van der Waals surface area contributed by atoms with Gasteiger partial charge < -0.3 is 10.1 Å². The number of thiophene rings is 1. The number of hydrogen-bond acceptors (Lipinski definition) is 5. The summed E-state index contributed by atoms with van der Waals surface area (Å²) in [5.74, 6) is 0.0757. The van der Waals surface area contributed by atoms with Crippen molar-refractivity contribution in [1.29, 1.82) is 0 Å². The van der Waals surface area contributed by atoms with Crippen LogP contribution in [-0.2, 0) is 16.1 Å². The minimum absolute atomic E-state index is 0.179. The van der Waals surface area contributed by atoms with Gasteiger partial charge in [-0.3, -0.25) is 14.5 Å². The van der Waals surface area contributed by atoms with Crippen LogP contribution in [0.2, 0.25) is 5.02 Å². The van der Waals surface area contributed by atoms with E-state index in [0.717, 1.165) is 16.2 Å². The van der Waals surface area contributed by atoms with Gasteiger partial charge in [0.1, 0.15) is 11.4 Å². The first-order valence-electron chi connectivity index (χ1n) is 9.45. The summed E-state index contributed by atoms with van der Waals surface area (Å²) < 4.78 is 5.46. The lowest BCUT2D eigenvalue weighted by atomic mass is 10.2. The van der Waals surface area contributed by atoms with E-state index in [2.05, 4.69) is 5.32 Å². The van der Waals surface area contributed by atoms with Crippen LogP contribution < -0.4 is 10.1 Å². The zero-order valence-corrected chi connectivity index (χ0v) is 17.8. The van der Waals surface area contributed by atoms with Gasteiger partial charge in [0.2, 0.25) is 0 Å². The van der Waals surface area contributed by atoms with Gasteiger partial charge in [0.15, 0.2) is 0 Å². The van der Waals surface area contributed by atoms with Gasteiger partial charge >= 0.3 is 0 Å². The highest BCUT2D eigenvalue weighted by Gasteiger charge is 2.39. The average Bonchev–Trinajstić information content (AvgIpc) is 3.34. The fourth-order valence-corrected chi connectivity index (χ4v) is 4.10. The summed E-state index contributed by atoms with van der Waals surface area (Å²) >= 11 is 7.37. The summed E-state index contributed by atoms with van der Waals surface area (Å²) in [5.41, 5.74) is 2.20. The van der Waals surface area contributed by atoms with Crippen LogP contribution in [0.5, 0.6) is 5.75 Å². The molecule has 0 spiro atoms. The first-order valence-corrected chi connectivity index (χ1v) is 10.7. The third-order valence-electron chi connectivity index (χ3n) is 4.62. The largest absolute Gasteiger partial charge is 0.494 e. The Morgan fingerprint density at radius 2 is 1.73 bits per heavy atom. The Morgan fingerprint density at radius 3 is 2.37 bits per heavy atom. The van der Waals surface area contributed by atoms with Gasteiger partial charge in [-0.2, -0.15) is 0 Å². The molecule has 3 aromatic rings. The Kier molecular flexibility index (Phi) is 5.88. The van der Waals surface area contributed by atoms with Gasteiger partial charge in [-0.15, -0.1) is 11.3 Å². The Morgan fingerprint density at radius 1 is 1.00 bits per heavy atom. The molecule has 152 valence electrons. The standard InChI is InChI=1S/C23H19ClN2O3S/c1-2-29-18-11-9-17(10-12-18)25-21-20(19-4-3-13-30-19)22(27)26(23(21)28)14-15-5-7-16(24)8-6-15/h3-13,25H,2,14H2,1H3. The molecule has 0 atom stereocenters. The smallest absolute Gasteiger partial charge is 0.278 e. The molecule has 1 N–H and O–H groups in total. The summed E-state index contributed by atoms with van der Waals surface area (Å²) in [5, 5.41) is 5.64. The molecule has 4 rings (SSSR count). The summed E-state index contributed by atoms with van der Waals surface area (Å²) in [7, 11) is 0. The number of hydrogen-bond donors (Lipinski definition) is 1. The minimum atomic E-state index is -0.354. The fraction of sp³-hybridized carbons (Fsp3) is 0.130. The number of nitrogens with zero attached hydrogens (tertiary/aromatic N) is 1. The van der Waals surface area contributed by atoms with Crippen LogP contribution in [0.4, 0.5) is 5.69 Å². The molecule has 5 nitrogen and oxygen atoms in total. The van der Waals surface area contributed by atoms with Crippen LogP contribution in [0.1, 0.15) is 17.4 Å². The molecule has 0 aliphatic carbocycles.